The molecule has 2 aliphatic heterocycles. The predicted molar refractivity (Wildman–Crippen MR) is 93.5 cm³/mol. The number of carbonyl (C=O) groups excluding carboxylic acids is 1. The van der Waals surface area contributed by atoms with Crippen molar-refractivity contribution in [3.63, 3.8) is 0 Å². The van der Waals surface area contributed by atoms with Crippen LogP contribution in [-0.2, 0) is 17.9 Å². The van der Waals surface area contributed by atoms with Gasteiger partial charge >= 0.3 is 0 Å². The molecule has 0 aromatic carbocycles. The van der Waals surface area contributed by atoms with E-state index in [1.807, 2.05) is 0 Å². The number of anilines is 1. The van der Waals surface area contributed by atoms with E-state index in [9.17, 15) is 4.79 Å². The number of fused-ring (bicyclic) bond motifs is 2. The van der Waals surface area contributed by atoms with Crippen LogP contribution in [0.5, 0.6) is 0 Å². The Balaban J connectivity index is 1.75. The Kier molecular flexibility index (Phi) is 3.68. The molecule has 0 spiro atoms. The molecule has 1 unspecified atom stereocenters. The average molecular weight is 331 g/mol. The smallest absolute Gasteiger partial charge is 0.221 e. The molecule has 4 rings (SSSR count). The van der Waals surface area contributed by atoms with Crippen molar-refractivity contribution < 1.29 is 4.79 Å². The zero-order valence-corrected chi connectivity index (χ0v) is 13.9. The lowest BCUT2D eigenvalue weighted by atomic mass is 10.1. The van der Waals surface area contributed by atoms with Crippen molar-refractivity contribution in [2.24, 2.45) is 4.99 Å². The third kappa shape index (κ3) is 2.45. The first kappa shape index (κ1) is 14.2. The van der Waals surface area contributed by atoms with E-state index in [4.69, 9.17) is 4.99 Å². The highest BCUT2D eigenvalue weighted by molar-refractivity contribution is 8.18. The summed E-state index contributed by atoms with van der Waals surface area (Å²) in [6.07, 6.45) is 8.66. The summed E-state index contributed by atoms with van der Waals surface area (Å²) in [6.45, 7) is 3.32. The highest BCUT2D eigenvalue weighted by Gasteiger charge is 2.31. The zero-order chi connectivity index (χ0) is 15.1. The van der Waals surface area contributed by atoms with Crippen molar-refractivity contribution in [2.45, 2.75) is 38.9 Å². The quantitative estimate of drug-likeness (QED) is 0.817. The summed E-state index contributed by atoms with van der Waals surface area (Å²) in [7, 11) is 0. The summed E-state index contributed by atoms with van der Waals surface area (Å²) in [5.41, 5.74) is 2.45. The number of nitrogens with one attached hydrogen (secondary N) is 2. The largest absolute Gasteiger partial charge is 0.317 e. The Labute approximate surface area is 137 Å². The van der Waals surface area contributed by atoms with Gasteiger partial charge in [-0.25, -0.2) is 0 Å². The highest BCUT2D eigenvalue weighted by atomic mass is 32.2. The maximum atomic E-state index is 11.5. The number of amides is 1. The summed E-state index contributed by atoms with van der Waals surface area (Å²) >= 11 is 3.45. The van der Waals surface area contributed by atoms with Crippen LogP contribution in [0.3, 0.4) is 0 Å². The van der Waals surface area contributed by atoms with E-state index >= 15 is 0 Å². The molecule has 0 saturated heterocycles. The number of hydrogen-bond acceptors (Lipinski definition) is 5. The maximum Gasteiger partial charge on any atom is 0.221 e. The number of thiophene rings is 1. The van der Waals surface area contributed by atoms with Gasteiger partial charge in [0.2, 0.25) is 5.91 Å². The van der Waals surface area contributed by atoms with Crippen LogP contribution in [0.2, 0.25) is 0 Å². The van der Waals surface area contributed by atoms with Gasteiger partial charge in [0.25, 0.3) is 0 Å². The Hall–Kier alpha value is -1.37. The number of allylic oxidation sites excluding steroid dienone is 2. The van der Waals surface area contributed by atoms with Gasteiger partial charge in [0.15, 0.2) is 0 Å². The van der Waals surface area contributed by atoms with Crippen LogP contribution in [-0.4, -0.2) is 17.0 Å². The van der Waals surface area contributed by atoms with Gasteiger partial charge in [0, 0.05) is 35.4 Å². The van der Waals surface area contributed by atoms with Crippen LogP contribution in [0.15, 0.2) is 28.1 Å². The van der Waals surface area contributed by atoms with Crippen molar-refractivity contribution in [1.82, 2.24) is 5.32 Å². The third-order valence-corrected chi connectivity index (χ3v) is 6.30. The van der Waals surface area contributed by atoms with Crippen LogP contribution in [0.25, 0.3) is 0 Å². The lowest BCUT2D eigenvalue weighted by Crippen LogP contribution is -2.10. The fourth-order valence-electron chi connectivity index (χ4n) is 3.00. The molecule has 1 aliphatic carbocycles. The van der Waals surface area contributed by atoms with Crippen molar-refractivity contribution in [3.05, 3.63) is 39.1 Å². The lowest BCUT2D eigenvalue weighted by Gasteiger charge is -2.06. The molecule has 1 atom stereocenters. The minimum atomic E-state index is -0.0194. The number of rotatable bonds is 2. The Morgan fingerprint density at radius 3 is 3.18 bits per heavy atom. The molecule has 1 aromatic rings. The normalized spacial score (nSPS) is 22.7. The minimum Gasteiger partial charge on any atom is -0.317 e. The molecule has 1 aromatic heterocycles. The molecule has 6 heteroatoms. The van der Waals surface area contributed by atoms with Gasteiger partial charge in [-0.2, -0.15) is 0 Å². The monoisotopic (exact) mass is 331 g/mol. The van der Waals surface area contributed by atoms with Crippen LogP contribution >= 0.6 is 23.1 Å². The summed E-state index contributed by atoms with van der Waals surface area (Å²) in [6, 6.07) is 0.258. The molecule has 4 nitrogen and oxygen atoms in total. The van der Waals surface area contributed by atoms with E-state index < -0.39 is 0 Å². The second-order valence-electron chi connectivity index (χ2n) is 5.59. The van der Waals surface area contributed by atoms with E-state index in [1.54, 1.807) is 30.0 Å². The maximum absolute atomic E-state index is 11.5. The van der Waals surface area contributed by atoms with Crippen molar-refractivity contribution >= 4 is 39.1 Å². The summed E-state index contributed by atoms with van der Waals surface area (Å²) in [5.74, 6) is -0.0194. The van der Waals surface area contributed by atoms with Gasteiger partial charge in [-0.15, -0.1) is 11.3 Å². The third-order valence-electron chi connectivity index (χ3n) is 3.98. The fraction of sp³-hybridized carbons (Fsp3) is 0.375. The van der Waals surface area contributed by atoms with E-state index in [0.717, 1.165) is 41.5 Å². The Bertz CT molecular complexity index is 730. The number of carbonyl (C=O) groups is 1. The molecular weight excluding hydrogens is 314 g/mol. The molecule has 3 aliphatic rings. The zero-order valence-electron chi connectivity index (χ0n) is 12.3. The Morgan fingerprint density at radius 2 is 2.32 bits per heavy atom. The van der Waals surface area contributed by atoms with E-state index in [1.165, 1.54) is 15.3 Å². The first-order chi connectivity index (χ1) is 10.7. The van der Waals surface area contributed by atoms with Crippen molar-refractivity contribution in [2.75, 3.05) is 5.32 Å². The van der Waals surface area contributed by atoms with Crippen molar-refractivity contribution in [1.29, 1.82) is 0 Å². The van der Waals surface area contributed by atoms with Crippen LogP contribution < -0.4 is 10.6 Å². The molecule has 2 N–H and O–H groups in total. The summed E-state index contributed by atoms with van der Waals surface area (Å²) in [5, 5.41) is 8.41. The van der Waals surface area contributed by atoms with E-state index in [0.29, 0.717) is 0 Å². The first-order valence-electron chi connectivity index (χ1n) is 7.46. The second kappa shape index (κ2) is 5.68. The average Bonchev–Trinajstić information content (AvgIpc) is 3.09. The van der Waals surface area contributed by atoms with Crippen LogP contribution in [0.4, 0.5) is 5.00 Å². The van der Waals surface area contributed by atoms with Gasteiger partial charge < -0.3 is 10.6 Å². The van der Waals surface area contributed by atoms with Gasteiger partial charge in [-0.3, -0.25) is 9.79 Å². The minimum absolute atomic E-state index is 0.0194. The van der Waals surface area contributed by atoms with Gasteiger partial charge in [0.1, 0.15) is 10.0 Å². The number of thioether (sulfide) groups is 1. The summed E-state index contributed by atoms with van der Waals surface area (Å²) in [4.78, 5) is 19.1. The van der Waals surface area contributed by atoms with Crippen LogP contribution in [0, 0.1) is 0 Å². The Morgan fingerprint density at radius 1 is 1.41 bits per heavy atom. The molecule has 0 bridgehead atoms. The van der Waals surface area contributed by atoms with E-state index in [2.05, 4.69) is 28.9 Å². The molecule has 0 fully saturated rings. The van der Waals surface area contributed by atoms with Gasteiger partial charge in [0.05, 0.1) is 6.04 Å². The van der Waals surface area contributed by atoms with Crippen molar-refractivity contribution in [3.8, 4) is 0 Å². The number of aliphatic imine (C=N–C) groups is 1. The number of nitrogens with zero attached hydrogens (tertiary/aromatic N) is 1. The van der Waals surface area contributed by atoms with Gasteiger partial charge in [-0.1, -0.05) is 30.0 Å². The molecule has 22 heavy (non-hydrogen) atoms. The van der Waals surface area contributed by atoms with Crippen LogP contribution in [0.1, 0.15) is 35.8 Å². The first-order valence-corrected chi connectivity index (χ1v) is 9.09. The second-order valence-corrected chi connectivity index (χ2v) is 7.76. The standard InChI is InChI=1S/C16H17N3OS2/c1-9(20)18-15-14(10-7-17-8-13(10)22-15)16-19-11-5-3-2-4-6-12(11)21-16/h2-3,6,11,17H,4-5,7-8H2,1H3,(H,18,20). The topological polar surface area (TPSA) is 53.5 Å². The molecule has 0 radical (unpaired) electrons. The molecule has 3 heterocycles. The molecular formula is C16H17N3OS2. The molecule has 0 saturated carbocycles. The van der Waals surface area contributed by atoms with Gasteiger partial charge in [-0.05, 0) is 18.4 Å². The fourth-order valence-corrected chi connectivity index (χ4v) is 5.49. The van der Waals surface area contributed by atoms with E-state index in [-0.39, 0.29) is 11.9 Å². The molecule has 1 amide bonds. The molecule has 114 valence electrons. The highest BCUT2D eigenvalue weighted by Crippen LogP contribution is 2.44. The summed E-state index contributed by atoms with van der Waals surface area (Å²) < 4.78 is 0. The number of hydrogen-bond donors (Lipinski definition) is 2. The predicted octanol–water partition coefficient (Wildman–Crippen LogP) is 3.41. The lowest BCUT2D eigenvalue weighted by molar-refractivity contribution is -0.114. The SMILES string of the molecule is CC(=O)Nc1sc2c(c1C1=NC3CC=CCC=C3S1)CNC2.